The van der Waals surface area contributed by atoms with Crippen molar-refractivity contribution < 1.29 is 14.7 Å². The molecule has 5 heteroatoms. The van der Waals surface area contributed by atoms with Crippen molar-refractivity contribution in [2.24, 2.45) is 5.41 Å². The van der Waals surface area contributed by atoms with Crippen molar-refractivity contribution in [3.63, 3.8) is 0 Å². The minimum absolute atomic E-state index is 0.117. The molecule has 0 bridgehead atoms. The fourth-order valence-electron chi connectivity index (χ4n) is 1.81. The van der Waals surface area contributed by atoms with E-state index in [0.717, 1.165) is 0 Å². The van der Waals surface area contributed by atoms with Gasteiger partial charge in [-0.3, -0.25) is 9.59 Å². The van der Waals surface area contributed by atoms with Crippen LogP contribution in [0.25, 0.3) is 0 Å². The first kappa shape index (κ1) is 15.7. The van der Waals surface area contributed by atoms with Crippen molar-refractivity contribution in [1.82, 2.24) is 4.90 Å². The lowest BCUT2D eigenvalue weighted by Crippen LogP contribution is -2.42. The zero-order valence-corrected chi connectivity index (χ0v) is 11.9. The molecule has 0 saturated heterocycles. The summed E-state index contributed by atoms with van der Waals surface area (Å²) < 4.78 is 0. The number of nitrogens with zero attached hydrogens (tertiary/aromatic N) is 2. The largest absolute Gasteiger partial charge is 0.480 e. The van der Waals surface area contributed by atoms with Gasteiger partial charge in [0.15, 0.2) is 0 Å². The lowest BCUT2D eigenvalue weighted by Gasteiger charge is -2.28. The third kappa shape index (κ3) is 4.09. The molecule has 0 fully saturated rings. The van der Waals surface area contributed by atoms with Crippen LogP contribution in [0.2, 0.25) is 0 Å². The van der Waals surface area contributed by atoms with Crippen LogP contribution in [0.5, 0.6) is 0 Å². The number of aliphatic carboxylic acids is 1. The summed E-state index contributed by atoms with van der Waals surface area (Å²) in [4.78, 5) is 24.5. The normalized spacial score (nSPS) is 10.7. The number of amides is 1. The summed E-state index contributed by atoms with van der Waals surface area (Å²) in [6, 6.07) is 8.91. The van der Waals surface area contributed by atoms with Crippen LogP contribution in [0.4, 0.5) is 0 Å². The molecule has 5 nitrogen and oxygen atoms in total. The van der Waals surface area contributed by atoms with Gasteiger partial charge in [0, 0.05) is 12.0 Å². The molecule has 1 N–H and O–H groups in total. The van der Waals surface area contributed by atoms with Crippen molar-refractivity contribution in [3.05, 3.63) is 35.4 Å². The van der Waals surface area contributed by atoms with E-state index in [0.29, 0.717) is 11.1 Å². The molecule has 0 atom stereocenters. The Morgan fingerprint density at radius 1 is 1.30 bits per heavy atom. The van der Waals surface area contributed by atoms with E-state index in [1.54, 1.807) is 45.0 Å². The Balaban J connectivity index is 3.05. The quantitative estimate of drug-likeness (QED) is 0.910. The number of rotatable bonds is 4. The molecule has 0 radical (unpaired) electrons. The van der Waals surface area contributed by atoms with Gasteiger partial charge < -0.3 is 10.0 Å². The molecule has 0 spiro atoms. The smallest absolute Gasteiger partial charge is 0.323 e. The zero-order valence-electron chi connectivity index (χ0n) is 11.9. The van der Waals surface area contributed by atoms with Gasteiger partial charge in [0.2, 0.25) is 5.91 Å². The van der Waals surface area contributed by atoms with Crippen LogP contribution < -0.4 is 0 Å². The summed E-state index contributed by atoms with van der Waals surface area (Å²) >= 11 is 0. The minimum Gasteiger partial charge on any atom is -0.480 e. The topological polar surface area (TPSA) is 81.4 Å². The van der Waals surface area contributed by atoms with Crippen molar-refractivity contribution in [2.75, 3.05) is 6.54 Å². The third-order valence-corrected chi connectivity index (χ3v) is 2.75. The number of hydrogen-bond donors (Lipinski definition) is 1. The second kappa shape index (κ2) is 6.20. The molecule has 1 amide bonds. The summed E-state index contributed by atoms with van der Waals surface area (Å²) in [5.41, 5.74) is 0.426. The molecule has 0 aliphatic rings. The third-order valence-electron chi connectivity index (χ3n) is 2.75. The van der Waals surface area contributed by atoms with E-state index in [1.165, 1.54) is 4.90 Å². The Hall–Kier alpha value is -2.35. The van der Waals surface area contributed by atoms with Gasteiger partial charge in [-0.1, -0.05) is 39.0 Å². The molecule has 0 aromatic heterocycles. The molecule has 1 aromatic carbocycles. The Kier molecular flexibility index (Phi) is 4.87. The van der Waals surface area contributed by atoms with E-state index in [9.17, 15) is 9.59 Å². The lowest BCUT2D eigenvalue weighted by molar-refractivity contribution is -0.148. The van der Waals surface area contributed by atoms with Gasteiger partial charge in [-0.15, -0.1) is 0 Å². The fraction of sp³-hybridized carbons (Fsp3) is 0.400. The first-order valence-corrected chi connectivity index (χ1v) is 6.25. The average molecular weight is 274 g/mol. The maximum Gasteiger partial charge on any atom is 0.323 e. The van der Waals surface area contributed by atoms with E-state index in [2.05, 4.69) is 0 Å². The van der Waals surface area contributed by atoms with E-state index in [4.69, 9.17) is 10.4 Å². The summed E-state index contributed by atoms with van der Waals surface area (Å²) in [6.07, 6.45) is 0. The van der Waals surface area contributed by atoms with Gasteiger partial charge in [0.05, 0.1) is 11.6 Å². The van der Waals surface area contributed by atoms with Gasteiger partial charge in [0.1, 0.15) is 6.54 Å². The number of hydrogen-bond acceptors (Lipinski definition) is 3. The molecule has 0 heterocycles. The van der Waals surface area contributed by atoms with Gasteiger partial charge in [-0.25, -0.2) is 0 Å². The second-order valence-electron chi connectivity index (χ2n) is 5.57. The number of carbonyl (C=O) groups is 2. The maximum atomic E-state index is 12.3. The molecule has 1 rings (SSSR count). The zero-order chi connectivity index (χ0) is 15.3. The molecule has 20 heavy (non-hydrogen) atoms. The monoisotopic (exact) mass is 274 g/mol. The highest BCUT2D eigenvalue weighted by molar-refractivity contribution is 5.85. The SMILES string of the molecule is CC(C)(C)C(=O)N(CC(=O)O)Cc1ccccc1C#N. The van der Waals surface area contributed by atoms with Gasteiger partial charge >= 0.3 is 5.97 Å². The predicted molar refractivity (Wildman–Crippen MR) is 73.7 cm³/mol. The minimum atomic E-state index is -1.07. The summed E-state index contributed by atoms with van der Waals surface area (Å²) in [5, 5.41) is 18.0. The number of carbonyl (C=O) groups excluding carboxylic acids is 1. The molecule has 1 aromatic rings. The summed E-state index contributed by atoms with van der Waals surface area (Å²) in [5.74, 6) is -1.33. The second-order valence-corrected chi connectivity index (χ2v) is 5.57. The Labute approximate surface area is 118 Å². The molecule has 0 aliphatic heterocycles. The maximum absolute atomic E-state index is 12.3. The predicted octanol–water partition coefficient (Wildman–Crippen LogP) is 2.02. The summed E-state index contributed by atoms with van der Waals surface area (Å²) in [6.45, 7) is 4.95. The molecular formula is C15H18N2O3. The van der Waals surface area contributed by atoms with Crippen LogP contribution in [0.3, 0.4) is 0 Å². The standard InChI is InChI=1S/C15H18N2O3/c1-15(2,3)14(20)17(10-13(18)19)9-12-7-5-4-6-11(12)8-16/h4-7H,9-10H2,1-3H3,(H,18,19). The van der Waals surface area contributed by atoms with Crippen molar-refractivity contribution in [1.29, 1.82) is 5.26 Å². The van der Waals surface area contributed by atoms with Crippen molar-refractivity contribution in [3.8, 4) is 6.07 Å². The fourth-order valence-corrected chi connectivity index (χ4v) is 1.81. The van der Waals surface area contributed by atoms with Gasteiger partial charge in [0.25, 0.3) is 0 Å². The Bertz CT molecular complexity index is 553. The molecule has 106 valence electrons. The van der Waals surface area contributed by atoms with E-state index >= 15 is 0 Å². The van der Waals surface area contributed by atoms with Gasteiger partial charge in [-0.2, -0.15) is 5.26 Å². The average Bonchev–Trinajstić information content (AvgIpc) is 2.36. The summed E-state index contributed by atoms with van der Waals surface area (Å²) in [7, 11) is 0. The molecular weight excluding hydrogens is 256 g/mol. The van der Waals surface area contributed by atoms with E-state index in [1.807, 2.05) is 6.07 Å². The number of carboxylic acids is 1. The van der Waals surface area contributed by atoms with Crippen LogP contribution in [0.15, 0.2) is 24.3 Å². The van der Waals surface area contributed by atoms with Crippen LogP contribution in [0.1, 0.15) is 31.9 Å². The highest BCUT2D eigenvalue weighted by atomic mass is 16.4. The Morgan fingerprint density at radius 3 is 2.40 bits per heavy atom. The first-order valence-electron chi connectivity index (χ1n) is 6.25. The number of benzene rings is 1. The van der Waals surface area contributed by atoms with Crippen molar-refractivity contribution >= 4 is 11.9 Å². The van der Waals surface area contributed by atoms with Crippen LogP contribution in [0, 0.1) is 16.7 Å². The van der Waals surface area contributed by atoms with Crippen LogP contribution in [-0.2, 0) is 16.1 Å². The highest BCUT2D eigenvalue weighted by Gasteiger charge is 2.28. The molecule has 0 aliphatic carbocycles. The number of nitriles is 1. The first-order chi connectivity index (χ1) is 9.25. The van der Waals surface area contributed by atoms with Crippen LogP contribution in [-0.4, -0.2) is 28.4 Å². The Morgan fingerprint density at radius 2 is 1.90 bits per heavy atom. The molecule has 0 saturated carbocycles. The van der Waals surface area contributed by atoms with Crippen LogP contribution >= 0.6 is 0 Å². The highest BCUT2D eigenvalue weighted by Crippen LogP contribution is 2.20. The number of carboxylic acid groups (broad SMARTS) is 1. The van der Waals surface area contributed by atoms with E-state index < -0.39 is 11.4 Å². The molecule has 0 unspecified atom stereocenters. The lowest BCUT2D eigenvalue weighted by atomic mass is 9.94. The van der Waals surface area contributed by atoms with Crippen molar-refractivity contribution in [2.45, 2.75) is 27.3 Å². The van der Waals surface area contributed by atoms with Gasteiger partial charge in [-0.05, 0) is 11.6 Å². The van der Waals surface area contributed by atoms with E-state index in [-0.39, 0.29) is 19.0 Å².